The summed E-state index contributed by atoms with van der Waals surface area (Å²) in [5.74, 6) is 0. The third-order valence-electron chi connectivity index (χ3n) is 14.3. The molecule has 0 aliphatic rings. The maximum Gasteiger partial charge on any atom is 0.0587 e. The standard InChI is InChI=1S/C59H122P2.2C2H3N/c1-5-9-13-17-21-25-29-33-37-41-45-49-54-60(55-50-46-42-38-34-30-26-22-18-14-10-6-2)58-53-59-61(56-51-47-43-39-35-31-27-23-19-15-11-7-3)57-52-48-44-40-36-32-28-24-20-16-12-8-4;2*1-2-3/h5-59H2,1-4H3;2*1H3. The summed E-state index contributed by atoms with van der Waals surface area (Å²) in [5.41, 5.74) is 0. The molecule has 0 amide bonds. The molecule has 0 bridgehead atoms. The van der Waals surface area contributed by atoms with Crippen LogP contribution in [0.5, 0.6) is 0 Å². The molecule has 0 aromatic heterocycles. The number of rotatable bonds is 56. The molecule has 0 aromatic carbocycles. The second kappa shape index (κ2) is 70.1. The van der Waals surface area contributed by atoms with Gasteiger partial charge in [0.25, 0.3) is 0 Å². The van der Waals surface area contributed by atoms with E-state index in [1.807, 2.05) is 0 Å². The topological polar surface area (TPSA) is 47.6 Å². The minimum atomic E-state index is 0.281. The monoisotopic (exact) mass is 975 g/mol. The van der Waals surface area contributed by atoms with Crippen LogP contribution in [-0.4, -0.2) is 37.0 Å². The van der Waals surface area contributed by atoms with Gasteiger partial charge in [0.15, 0.2) is 0 Å². The van der Waals surface area contributed by atoms with Crippen molar-refractivity contribution < 1.29 is 0 Å². The van der Waals surface area contributed by atoms with Crippen LogP contribution in [0.1, 0.15) is 356 Å². The summed E-state index contributed by atoms with van der Waals surface area (Å²) >= 11 is 0. The van der Waals surface area contributed by atoms with Gasteiger partial charge in [-0.1, -0.05) is 310 Å². The van der Waals surface area contributed by atoms with Gasteiger partial charge < -0.3 is 0 Å². The van der Waals surface area contributed by atoms with Crippen LogP contribution < -0.4 is 0 Å². The van der Waals surface area contributed by atoms with Crippen molar-refractivity contribution in [1.82, 2.24) is 0 Å². The fraction of sp³-hybridized carbons (Fsp3) is 0.968. The van der Waals surface area contributed by atoms with Crippen molar-refractivity contribution in [2.45, 2.75) is 356 Å². The van der Waals surface area contributed by atoms with E-state index in [4.69, 9.17) is 10.5 Å². The minimum Gasteiger partial charge on any atom is -0.199 e. The Hall–Kier alpha value is -0.160. The molecule has 0 N–H and O–H groups in total. The van der Waals surface area contributed by atoms with Gasteiger partial charge in [0, 0.05) is 13.8 Å². The molecule has 0 aliphatic heterocycles. The lowest BCUT2D eigenvalue weighted by Crippen LogP contribution is -2.02. The molecule has 0 spiro atoms. The lowest BCUT2D eigenvalue weighted by Gasteiger charge is -2.22. The van der Waals surface area contributed by atoms with Crippen molar-refractivity contribution >= 4 is 15.8 Å². The first-order valence-corrected chi connectivity index (χ1v) is 35.0. The molecule has 0 saturated heterocycles. The van der Waals surface area contributed by atoms with E-state index < -0.39 is 0 Å². The molecule has 2 nitrogen and oxygen atoms in total. The third kappa shape index (κ3) is 70.2. The van der Waals surface area contributed by atoms with Crippen LogP contribution in [0.4, 0.5) is 0 Å². The van der Waals surface area contributed by atoms with Crippen molar-refractivity contribution in [2.24, 2.45) is 0 Å². The zero-order valence-corrected chi connectivity index (χ0v) is 49.5. The molecule has 0 aliphatic carbocycles. The quantitative estimate of drug-likeness (QED) is 0.0450. The Morgan fingerprint density at radius 1 is 0.194 bits per heavy atom. The third-order valence-corrected chi connectivity index (χ3v) is 20.0. The highest BCUT2D eigenvalue weighted by Gasteiger charge is 2.12. The summed E-state index contributed by atoms with van der Waals surface area (Å²) in [4.78, 5) is 0. The van der Waals surface area contributed by atoms with Gasteiger partial charge in [0.05, 0.1) is 12.1 Å². The maximum atomic E-state index is 7.32. The van der Waals surface area contributed by atoms with Crippen molar-refractivity contribution in [1.29, 1.82) is 10.5 Å². The first-order chi connectivity index (χ1) is 33.1. The van der Waals surface area contributed by atoms with Gasteiger partial charge in [-0.2, -0.15) is 10.5 Å². The highest BCUT2D eigenvalue weighted by molar-refractivity contribution is 7.58. The van der Waals surface area contributed by atoms with Crippen molar-refractivity contribution in [3.05, 3.63) is 0 Å². The number of hydrogen-bond acceptors (Lipinski definition) is 2. The van der Waals surface area contributed by atoms with Gasteiger partial charge in [-0.15, -0.1) is 15.8 Å². The smallest absolute Gasteiger partial charge is 0.0587 e. The van der Waals surface area contributed by atoms with Crippen LogP contribution >= 0.6 is 15.8 Å². The fourth-order valence-corrected chi connectivity index (χ4v) is 15.4. The summed E-state index contributed by atoms with van der Waals surface area (Å²) in [7, 11) is 0.562. The summed E-state index contributed by atoms with van der Waals surface area (Å²) in [6.07, 6.45) is 82.7. The first-order valence-electron chi connectivity index (χ1n) is 31.2. The van der Waals surface area contributed by atoms with Crippen LogP contribution in [0.15, 0.2) is 0 Å². The van der Waals surface area contributed by atoms with E-state index in [-0.39, 0.29) is 15.8 Å². The molecule has 0 rings (SSSR count). The van der Waals surface area contributed by atoms with E-state index in [0.29, 0.717) is 0 Å². The van der Waals surface area contributed by atoms with Gasteiger partial charge in [-0.25, -0.2) is 0 Å². The average Bonchev–Trinajstić information content (AvgIpc) is 3.32. The molecule has 0 saturated carbocycles. The molecule has 400 valence electrons. The Labute approximate surface area is 429 Å². The van der Waals surface area contributed by atoms with Gasteiger partial charge >= 0.3 is 0 Å². The molecular weight excluding hydrogens is 847 g/mol. The van der Waals surface area contributed by atoms with Crippen LogP contribution in [0.3, 0.4) is 0 Å². The summed E-state index contributed by atoms with van der Waals surface area (Å²) in [6.45, 7) is 12.2. The Morgan fingerprint density at radius 2 is 0.299 bits per heavy atom. The molecule has 0 radical (unpaired) electrons. The molecule has 0 unspecified atom stereocenters. The largest absolute Gasteiger partial charge is 0.199 e. The van der Waals surface area contributed by atoms with Crippen molar-refractivity contribution in [2.75, 3.05) is 37.0 Å². The van der Waals surface area contributed by atoms with Crippen LogP contribution in [0, 0.1) is 22.7 Å². The number of unbranched alkanes of at least 4 members (excludes halogenated alkanes) is 44. The number of hydrogen-bond donors (Lipinski definition) is 0. The van der Waals surface area contributed by atoms with Crippen molar-refractivity contribution in [3.63, 3.8) is 0 Å². The summed E-state index contributed by atoms with van der Waals surface area (Å²) < 4.78 is 0. The predicted molar refractivity (Wildman–Crippen MR) is 315 cm³/mol. The van der Waals surface area contributed by atoms with Gasteiger partial charge in [-0.05, 0) is 69.1 Å². The molecule has 67 heavy (non-hydrogen) atoms. The van der Waals surface area contributed by atoms with E-state index in [0.717, 1.165) is 0 Å². The van der Waals surface area contributed by atoms with E-state index in [1.54, 1.807) is 81.2 Å². The Bertz CT molecular complexity index is 783. The Morgan fingerprint density at radius 3 is 0.433 bits per heavy atom. The number of nitrogens with zero attached hydrogens (tertiary/aromatic N) is 2. The molecule has 0 fully saturated rings. The zero-order chi connectivity index (χ0) is 49.5. The second-order valence-electron chi connectivity index (χ2n) is 21.0. The van der Waals surface area contributed by atoms with E-state index in [2.05, 4.69) is 27.7 Å². The van der Waals surface area contributed by atoms with Crippen LogP contribution in [0.25, 0.3) is 0 Å². The first kappa shape index (κ1) is 71.1. The lowest BCUT2D eigenvalue weighted by molar-refractivity contribution is 0.547. The lowest BCUT2D eigenvalue weighted by atomic mass is 10.1. The van der Waals surface area contributed by atoms with E-state index in [9.17, 15) is 0 Å². The normalized spacial score (nSPS) is 11.1. The van der Waals surface area contributed by atoms with Crippen molar-refractivity contribution in [3.8, 4) is 12.1 Å². The number of nitriles is 2. The summed E-state index contributed by atoms with van der Waals surface area (Å²) in [6, 6.07) is 3.50. The van der Waals surface area contributed by atoms with Crippen LogP contribution in [0.2, 0.25) is 0 Å². The zero-order valence-electron chi connectivity index (χ0n) is 47.7. The van der Waals surface area contributed by atoms with Gasteiger partial charge in [-0.3, -0.25) is 0 Å². The fourth-order valence-electron chi connectivity index (χ4n) is 9.89. The van der Waals surface area contributed by atoms with Gasteiger partial charge in [0.2, 0.25) is 0 Å². The Kier molecular flexibility index (Phi) is 74.4. The molecule has 4 heteroatoms. The highest BCUT2D eigenvalue weighted by atomic mass is 31.1. The Balaban J connectivity index is -0.00000644. The molecular formula is C63H128N2P2. The minimum absolute atomic E-state index is 0.281. The predicted octanol–water partition coefficient (Wildman–Crippen LogP) is 24.2. The SMILES string of the molecule is CC#N.CC#N.CCCCCCCCCCCCCCP(CCCCCCCCCCCCCC)CCCP(CCCCCCCCCCCCCC)CCCCCCCCCCCCCC. The second-order valence-corrected chi connectivity index (χ2v) is 26.4. The van der Waals surface area contributed by atoms with E-state index in [1.165, 1.54) is 296 Å². The highest BCUT2D eigenvalue weighted by Crippen LogP contribution is 2.44. The average molecular weight is 976 g/mol. The molecule has 0 aromatic rings. The summed E-state index contributed by atoms with van der Waals surface area (Å²) in [5, 5.41) is 14.6. The molecule has 0 heterocycles. The van der Waals surface area contributed by atoms with Crippen LogP contribution in [-0.2, 0) is 0 Å². The van der Waals surface area contributed by atoms with Gasteiger partial charge in [0.1, 0.15) is 0 Å². The maximum absolute atomic E-state index is 7.32. The molecule has 0 atom stereocenters. The van der Waals surface area contributed by atoms with E-state index >= 15 is 0 Å².